The second kappa shape index (κ2) is 9.64. The Bertz CT molecular complexity index is 1090. The van der Waals surface area contributed by atoms with Crippen LogP contribution in [0.5, 0.6) is 0 Å². The van der Waals surface area contributed by atoms with E-state index in [0.717, 1.165) is 36.9 Å². The van der Waals surface area contributed by atoms with Gasteiger partial charge in [-0.15, -0.1) is 5.10 Å². The Balaban J connectivity index is 1.31. The number of aromatic nitrogens is 2. The van der Waals surface area contributed by atoms with Crippen molar-refractivity contribution in [2.75, 3.05) is 10.6 Å². The van der Waals surface area contributed by atoms with Gasteiger partial charge in [0.05, 0.1) is 0 Å². The maximum atomic E-state index is 12.5. The summed E-state index contributed by atoms with van der Waals surface area (Å²) in [6.07, 6.45) is 4.11. The number of rotatable bonds is 7. The smallest absolute Gasteiger partial charge is 0.320 e. The molecule has 2 aromatic carbocycles. The van der Waals surface area contributed by atoms with E-state index in [0.29, 0.717) is 11.6 Å². The molecule has 1 saturated carbocycles. The molecule has 1 aromatic heterocycles. The fraction of sp³-hybridized carbons (Fsp3) is 0.333. The van der Waals surface area contributed by atoms with Gasteiger partial charge in [0, 0.05) is 17.8 Å². The number of hydrogen-bond donors (Lipinski definition) is 3. The minimum absolute atomic E-state index is 0.124. The molecule has 32 heavy (non-hydrogen) atoms. The lowest BCUT2D eigenvalue weighted by molar-refractivity contribution is -0.138. The predicted molar refractivity (Wildman–Crippen MR) is 120 cm³/mol. The number of benzene rings is 2. The summed E-state index contributed by atoms with van der Waals surface area (Å²) < 4.78 is 5.43. The second-order valence-electron chi connectivity index (χ2n) is 8.30. The molecule has 0 radical (unpaired) electrons. The molecule has 0 unspecified atom stereocenters. The lowest BCUT2D eigenvalue weighted by Gasteiger charge is -2.28. The first-order valence-electron chi connectivity index (χ1n) is 10.8. The third-order valence-corrected chi connectivity index (χ3v) is 5.84. The van der Waals surface area contributed by atoms with E-state index in [2.05, 4.69) is 20.8 Å². The van der Waals surface area contributed by atoms with E-state index in [1.54, 1.807) is 0 Å². The number of carbonyl (C=O) groups is 2. The van der Waals surface area contributed by atoms with Gasteiger partial charge in [-0.1, -0.05) is 29.4 Å². The van der Waals surface area contributed by atoms with E-state index in [1.165, 1.54) is 5.56 Å². The van der Waals surface area contributed by atoms with Crippen molar-refractivity contribution in [3.8, 4) is 0 Å². The van der Waals surface area contributed by atoms with E-state index < -0.39 is 11.9 Å². The predicted octanol–water partition coefficient (Wildman–Crippen LogP) is 5.12. The van der Waals surface area contributed by atoms with Crippen molar-refractivity contribution in [3.63, 3.8) is 0 Å². The Kier molecular flexibility index (Phi) is 6.49. The topological polar surface area (TPSA) is 117 Å². The van der Waals surface area contributed by atoms with Gasteiger partial charge >= 0.3 is 23.8 Å². The van der Waals surface area contributed by atoms with E-state index in [-0.39, 0.29) is 24.2 Å². The van der Waals surface area contributed by atoms with Crippen molar-refractivity contribution >= 4 is 29.3 Å². The van der Waals surface area contributed by atoms with Gasteiger partial charge in [-0.05, 0) is 79.8 Å². The Hall–Kier alpha value is -3.68. The van der Waals surface area contributed by atoms with E-state index in [1.807, 2.05) is 55.5 Å². The zero-order chi connectivity index (χ0) is 22.5. The summed E-state index contributed by atoms with van der Waals surface area (Å²) in [4.78, 5) is 23.4. The molecule has 1 fully saturated rings. The first-order valence-corrected chi connectivity index (χ1v) is 10.8. The van der Waals surface area contributed by atoms with Gasteiger partial charge in [0.15, 0.2) is 0 Å². The molecule has 0 saturated heterocycles. The molecule has 0 aliphatic heterocycles. The number of hydrogen-bond acceptors (Lipinski definition) is 6. The standard InChI is InChI=1S/C24H26N4O4/c1-15-3-2-4-20(13-15)26-24-28-27-23(32-24)22(31)25-19-11-9-18(10-12-19)17-7-5-16(6-8-17)14-21(29)30/h2-4,9-13,16-17H,5-8,14H2,1H3,(H,25,31)(H,26,28)(H,29,30). The number of aryl methyl sites for hydroxylation is 1. The molecular weight excluding hydrogens is 408 g/mol. The highest BCUT2D eigenvalue weighted by Crippen LogP contribution is 2.37. The molecule has 8 heteroatoms. The van der Waals surface area contributed by atoms with Crippen molar-refractivity contribution in [2.45, 2.75) is 44.9 Å². The molecule has 3 N–H and O–H groups in total. The Morgan fingerprint density at radius 1 is 1.03 bits per heavy atom. The normalized spacial score (nSPS) is 18.2. The van der Waals surface area contributed by atoms with Crippen LogP contribution in [0.1, 0.15) is 59.8 Å². The van der Waals surface area contributed by atoms with Gasteiger partial charge < -0.3 is 20.2 Å². The molecule has 1 amide bonds. The van der Waals surface area contributed by atoms with Crippen molar-refractivity contribution in [2.24, 2.45) is 5.92 Å². The average molecular weight is 434 g/mol. The molecule has 1 heterocycles. The molecule has 0 bridgehead atoms. The lowest BCUT2D eigenvalue weighted by Crippen LogP contribution is -2.16. The number of carboxylic acids is 1. The first-order chi connectivity index (χ1) is 15.5. The Morgan fingerprint density at radius 2 is 1.78 bits per heavy atom. The van der Waals surface area contributed by atoms with Crippen LogP contribution in [0.4, 0.5) is 17.4 Å². The summed E-state index contributed by atoms with van der Waals surface area (Å²) in [5.41, 5.74) is 3.74. The van der Waals surface area contributed by atoms with Crippen molar-refractivity contribution < 1.29 is 19.1 Å². The molecule has 166 valence electrons. The lowest BCUT2D eigenvalue weighted by atomic mass is 9.77. The van der Waals surface area contributed by atoms with Crippen molar-refractivity contribution in [1.82, 2.24) is 10.2 Å². The van der Waals surface area contributed by atoms with Crippen LogP contribution in [0, 0.1) is 12.8 Å². The zero-order valence-electron chi connectivity index (χ0n) is 17.9. The van der Waals surface area contributed by atoms with Gasteiger partial charge in [-0.3, -0.25) is 9.59 Å². The minimum Gasteiger partial charge on any atom is -0.481 e. The number of nitrogens with one attached hydrogen (secondary N) is 2. The summed E-state index contributed by atoms with van der Waals surface area (Å²) in [5, 5.41) is 22.4. The van der Waals surface area contributed by atoms with Crippen LogP contribution in [0.2, 0.25) is 0 Å². The van der Waals surface area contributed by atoms with Crippen LogP contribution in [0.25, 0.3) is 0 Å². The van der Waals surface area contributed by atoms with Crippen LogP contribution in [0.15, 0.2) is 52.9 Å². The number of nitrogens with zero attached hydrogens (tertiary/aromatic N) is 2. The van der Waals surface area contributed by atoms with Crippen LogP contribution >= 0.6 is 0 Å². The van der Waals surface area contributed by atoms with E-state index in [4.69, 9.17) is 9.52 Å². The maximum Gasteiger partial charge on any atom is 0.320 e. The van der Waals surface area contributed by atoms with Crippen LogP contribution < -0.4 is 10.6 Å². The summed E-state index contributed by atoms with van der Waals surface area (Å²) in [7, 11) is 0. The van der Waals surface area contributed by atoms with Crippen molar-refractivity contribution in [3.05, 3.63) is 65.5 Å². The molecular formula is C24H26N4O4. The highest BCUT2D eigenvalue weighted by molar-refractivity contribution is 6.00. The zero-order valence-corrected chi connectivity index (χ0v) is 17.9. The molecule has 0 atom stereocenters. The van der Waals surface area contributed by atoms with Gasteiger partial charge in [0.25, 0.3) is 0 Å². The quantitative estimate of drug-likeness (QED) is 0.472. The van der Waals surface area contributed by atoms with Crippen molar-refractivity contribution in [1.29, 1.82) is 0 Å². The monoisotopic (exact) mass is 434 g/mol. The second-order valence-corrected chi connectivity index (χ2v) is 8.30. The first kappa shape index (κ1) is 21.5. The average Bonchev–Trinajstić information content (AvgIpc) is 3.23. The van der Waals surface area contributed by atoms with Crippen LogP contribution in [-0.2, 0) is 4.79 Å². The fourth-order valence-electron chi connectivity index (χ4n) is 4.18. The third-order valence-electron chi connectivity index (χ3n) is 5.84. The van der Waals surface area contributed by atoms with Crippen LogP contribution in [-0.4, -0.2) is 27.2 Å². The molecule has 8 nitrogen and oxygen atoms in total. The fourth-order valence-corrected chi connectivity index (χ4v) is 4.18. The molecule has 1 aliphatic carbocycles. The number of anilines is 3. The van der Waals surface area contributed by atoms with E-state index >= 15 is 0 Å². The maximum absolute atomic E-state index is 12.5. The van der Waals surface area contributed by atoms with E-state index in [9.17, 15) is 9.59 Å². The van der Waals surface area contributed by atoms with Gasteiger partial charge in [-0.25, -0.2) is 0 Å². The Morgan fingerprint density at radius 3 is 2.47 bits per heavy atom. The number of carbonyl (C=O) groups excluding carboxylic acids is 1. The molecule has 0 spiro atoms. The molecule has 3 aromatic rings. The summed E-state index contributed by atoms with van der Waals surface area (Å²) in [6.45, 7) is 1.98. The number of aliphatic carboxylic acids is 1. The summed E-state index contributed by atoms with van der Waals surface area (Å²) >= 11 is 0. The van der Waals surface area contributed by atoms with Gasteiger partial charge in [0.1, 0.15) is 0 Å². The summed E-state index contributed by atoms with van der Waals surface area (Å²) in [5.74, 6) is -0.608. The van der Waals surface area contributed by atoms with Crippen LogP contribution in [0.3, 0.4) is 0 Å². The highest BCUT2D eigenvalue weighted by atomic mass is 16.4. The number of amides is 1. The molecule has 4 rings (SSSR count). The SMILES string of the molecule is Cc1cccc(Nc2nnc(C(=O)Nc3ccc(C4CCC(CC(=O)O)CC4)cc3)o2)c1. The van der Waals surface area contributed by atoms with Gasteiger partial charge in [-0.2, -0.15) is 0 Å². The highest BCUT2D eigenvalue weighted by Gasteiger charge is 2.24. The Labute approximate surface area is 186 Å². The summed E-state index contributed by atoms with van der Waals surface area (Å²) in [6, 6.07) is 15.6. The molecule has 1 aliphatic rings. The number of carboxylic acid groups (broad SMARTS) is 1. The minimum atomic E-state index is -0.715. The van der Waals surface area contributed by atoms with Gasteiger partial charge in [0.2, 0.25) is 0 Å². The largest absolute Gasteiger partial charge is 0.481 e. The third kappa shape index (κ3) is 5.51.